The molecule has 0 aromatic heterocycles. The average molecular weight is 432 g/mol. The molecule has 32 heavy (non-hydrogen) atoms. The second kappa shape index (κ2) is 9.57. The molecule has 2 aliphatic heterocycles. The minimum Gasteiger partial charge on any atom is -0.369 e. The van der Waals surface area contributed by atoms with E-state index < -0.39 is 0 Å². The van der Waals surface area contributed by atoms with Crippen molar-refractivity contribution in [2.45, 2.75) is 46.3 Å². The Morgan fingerprint density at radius 3 is 2.81 bits per heavy atom. The first kappa shape index (κ1) is 22.1. The molecule has 0 spiro atoms. The highest BCUT2D eigenvalue weighted by atomic mass is 16.2. The third-order valence-corrected chi connectivity index (χ3v) is 5.76. The van der Waals surface area contributed by atoms with Crippen molar-refractivity contribution in [2.24, 2.45) is 16.6 Å². The minimum absolute atomic E-state index is 0.0876. The summed E-state index contributed by atoms with van der Waals surface area (Å²) < 4.78 is 0. The number of nitrogens with zero attached hydrogens (tertiary/aromatic N) is 2. The molecule has 2 aromatic rings. The lowest BCUT2D eigenvalue weighted by atomic mass is 10.0. The molecule has 0 saturated heterocycles. The maximum Gasteiger partial charge on any atom is 0.249 e. The van der Waals surface area contributed by atoms with Gasteiger partial charge >= 0.3 is 0 Å². The van der Waals surface area contributed by atoms with Crippen LogP contribution in [0.4, 0.5) is 11.4 Å². The van der Waals surface area contributed by atoms with Gasteiger partial charge in [-0.15, -0.1) is 0 Å². The van der Waals surface area contributed by atoms with Crippen molar-refractivity contribution in [1.82, 2.24) is 4.90 Å². The van der Waals surface area contributed by atoms with Gasteiger partial charge in [-0.25, -0.2) is 0 Å². The van der Waals surface area contributed by atoms with E-state index in [1.807, 2.05) is 35.2 Å². The molecule has 0 bridgehead atoms. The zero-order valence-corrected chi connectivity index (χ0v) is 19.2. The molecule has 4 N–H and O–H groups in total. The molecule has 0 saturated carbocycles. The summed E-state index contributed by atoms with van der Waals surface area (Å²) in [5.41, 5.74) is 12.3. The van der Waals surface area contributed by atoms with Crippen LogP contribution < -0.4 is 16.4 Å². The van der Waals surface area contributed by atoms with Crippen molar-refractivity contribution in [1.29, 1.82) is 0 Å². The van der Waals surface area contributed by atoms with Crippen LogP contribution in [0.1, 0.15) is 50.3 Å². The molecule has 0 radical (unpaired) electrons. The maximum atomic E-state index is 13.3. The summed E-state index contributed by atoms with van der Waals surface area (Å²) in [5, 5.41) is 6.83. The normalized spacial score (nSPS) is 17.2. The van der Waals surface area contributed by atoms with Gasteiger partial charge in [0.1, 0.15) is 5.84 Å². The monoisotopic (exact) mass is 431 g/mol. The van der Waals surface area contributed by atoms with Crippen LogP contribution in [-0.4, -0.2) is 35.9 Å². The molecule has 1 amide bonds. The molecule has 1 atom stereocenters. The van der Waals surface area contributed by atoms with Crippen LogP contribution in [0, 0.1) is 5.92 Å². The van der Waals surface area contributed by atoms with Gasteiger partial charge in [0.05, 0.1) is 12.7 Å². The van der Waals surface area contributed by atoms with Crippen molar-refractivity contribution in [2.75, 3.05) is 23.7 Å². The first-order valence-corrected chi connectivity index (χ1v) is 11.5. The van der Waals surface area contributed by atoms with Gasteiger partial charge in [-0.1, -0.05) is 51.1 Å². The highest BCUT2D eigenvalue weighted by Crippen LogP contribution is 2.29. The largest absolute Gasteiger partial charge is 0.369 e. The summed E-state index contributed by atoms with van der Waals surface area (Å²) in [7, 11) is 0. The van der Waals surface area contributed by atoms with Crippen molar-refractivity contribution in [3.05, 3.63) is 64.7 Å². The molecule has 6 heteroatoms. The summed E-state index contributed by atoms with van der Waals surface area (Å²) in [6.45, 7) is 8.56. The van der Waals surface area contributed by atoms with Crippen LogP contribution in [0.3, 0.4) is 0 Å². The molecule has 2 aliphatic rings. The van der Waals surface area contributed by atoms with Gasteiger partial charge in [0.25, 0.3) is 0 Å². The van der Waals surface area contributed by atoms with Crippen molar-refractivity contribution in [3.63, 3.8) is 0 Å². The Balaban J connectivity index is 1.61. The van der Waals surface area contributed by atoms with E-state index in [2.05, 4.69) is 49.6 Å². The molecule has 2 aromatic carbocycles. The number of para-hydroxylation sites is 1. The zero-order valence-electron chi connectivity index (χ0n) is 19.2. The third kappa shape index (κ3) is 4.86. The topological polar surface area (TPSA) is 82.8 Å². The van der Waals surface area contributed by atoms with Gasteiger partial charge in [0.15, 0.2) is 0 Å². The van der Waals surface area contributed by atoms with Crippen LogP contribution >= 0.6 is 0 Å². The predicted octanol–water partition coefficient (Wildman–Crippen LogP) is 4.44. The maximum absolute atomic E-state index is 13.3. The Morgan fingerprint density at radius 1 is 1.22 bits per heavy atom. The molecule has 4 rings (SSSR count). The number of rotatable bonds is 6. The number of hydrogen-bond donors (Lipinski definition) is 3. The first-order valence-electron chi connectivity index (χ1n) is 11.5. The van der Waals surface area contributed by atoms with Crippen molar-refractivity contribution < 1.29 is 4.79 Å². The van der Waals surface area contributed by atoms with Gasteiger partial charge < -0.3 is 21.3 Å². The van der Waals surface area contributed by atoms with Crippen LogP contribution in [0.5, 0.6) is 0 Å². The minimum atomic E-state index is -0.328. The Kier molecular flexibility index (Phi) is 6.61. The number of amidine groups is 1. The Bertz CT molecular complexity index is 1060. The summed E-state index contributed by atoms with van der Waals surface area (Å²) in [5.74, 6) is 1.36. The van der Waals surface area contributed by atoms with E-state index in [1.165, 1.54) is 5.56 Å². The van der Waals surface area contributed by atoms with Gasteiger partial charge in [-0.2, -0.15) is 0 Å². The summed E-state index contributed by atoms with van der Waals surface area (Å²) in [6, 6.07) is 14.4. The lowest BCUT2D eigenvalue weighted by Crippen LogP contribution is -2.38. The number of nitrogens with one attached hydrogen (secondary N) is 2. The molecular formula is C26H33N5O. The van der Waals surface area contributed by atoms with E-state index in [9.17, 15) is 4.79 Å². The number of anilines is 2. The first-order chi connectivity index (χ1) is 15.4. The summed E-state index contributed by atoms with van der Waals surface area (Å²) >= 11 is 0. The van der Waals surface area contributed by atoms with E-state index >= 15 is 0 Å². The number of nitrogens with two attached hydrogens (primary N) is 1. The lowest BCUT2D eigenvalue weighted by Gasteiger charge is -2.25. The van der Waals surface area contributed by atoms with Gasteiger partial charge in [-0.05, 0) is 41.7 Å². The van der Waals surface area contributed by atoms with Crippen LogP contribution in [-0.2, 0) is 11.3 Å². The quantitative estimate of drug-likeness (QED) is 0.632. The molecule has 6 nitrogen and oxygen atoms in total. The number of carbonyl (C=O) groups is 1. The summed E-state index contributed by atoms with van der Waals surface area (Å²) in [4.78, 5) is 20.0. The molecule has 0 fully saturated rings. The van der Waals surface area contributed by atoms with E-state index in [0.717, 1.165) is 53.4 Å². The van der Waals surface area contributed by atoms with Gasteiger partial charge in [-0.3, -0.25) is 9.79 Å². The number of aliphatic imine (C=N–C) groups is 1. The molecular weight excluding hydrogens is 398 g/mol. The second-order valence-electron chi connectivity index (χ2n) is 9.02. The number of carbonyl (C=O) groups excluding carboxylic acids is 1. The number of amides is 1. The lowest BCUT2D eigenvalue weighted by molar-refractivity contribution is -0.127. The Morgan fingerprint density at radius 2 is 2.03 bits per heavy atom. The standard InChI is InChI=1S/C26H33N5O/c1-4-11-31(16-17(2)3)26(32)21-12-18-9-10-19(13-23(18)29-24(27)14-21)25-28-15-20-7-5-6-8-22(20)30-25/h5-10,12-13,17,24,29H,4,11,14-16,27H2,1-3H3,(H,28,30). The molecule has 0 aliphatic carbocycles. The fourth-order valence-corrected chi connectivity index (χ4v) is 4.30. The molecule has 168 valence electrons. The number of hydrogen-bond acceptors (Lipinski definition) is 5. The SMILES string of the molecule is CCCN(CC(C)C)C(=O)C1=Cc2ccc(C3=NCc4ccccc4N3)cc2NC(N)C1. The third-order valence-electron chi connectivity index (χ3n) is 5.76. The average Bonchev–Trinajstić information content (AvgIpc) is 2.95. The second-order valence-corrected chi connectivity index (χ2v) is 9.02. The molecule has 1 unspecified atom stereocenters. The van der Waals surface area contributed by atoms with Gasteiger partial charge in [0.2, 0.25) is 5.91 Å². The van der Waals surface area contributed by atoms with Crippen molar-refractivity contribution >= 4 is 29.2 Å². The van der Waals surface area contributed by atoms with Crippen LogP contribution in [0.25, 0.3) is 6.08 Å². The van der Waals surface area contributed by atoms with Crippen LogP contribution in [0.15, 0.2) is 53.0 Å². The fourth-order valence-electron chi connectivity index (χ4n) is 4.30. The van der Waals surface area contributed by atoms with E-state index in [0.29, 0.717) is 18.9 Å². The zero-order chi connectivity index (χ0) is 22.7. The summed E-state index contributed by atoms with van der Waals surface area (Å²) in [6.07, 6.45) is 3.10. The highest BCUT2D eigenvalue weighted by molar-refractivity contribution is 6.10. The van der Waals surface area contributed by atoms with E-state index in [-0.39, 0.29) is 12.1 Å². The van der Waals surface area contributed by atoms with Crippen LogP contribution in [0.2, 0.25) is 0 Å². The number of benzene rings is 2. The fraction of sp³-hybridized carbons (Fsp3) is 0.385. The smallest absolute Gasteiger partial charge is 0.249 e. The van der Waals surface area contributed by atoms with E-state index in [4.69, 9.17) is 10.7 Å². The molecule has 2 heterocycles. The Labute approximate surface area is 190 Å². The van der Waals surface area contributed by atoms with Gasteiger partial charge in [0, 0.05) is 42.0 Å². The van der Waals surface area contributed by atoms with E-state index in [1.54, 1.807) is 0 Å². The van der Waals surface area contributed by atoms with Crippen molar-refractivity contribution in [3.8, 4) is 0 Å². The predicted molar refractivity (Wildman–Crippen MR) is 133 cm³/mol. The Hall–Kier alpha value is -3.12. The number of fused-ring (bicyclic) bond motifs is 2. The highest BCUT2D eigenvalue weighted by Gasteiger charge is 2.24.